The molecule has 0 spiro atoms. The first-order chi connectivity index (χ1) is 16.4. The number of amides is 5. The number of Topliss-reactive ketones (excluding diaryl/α,β-unsaturated/α-hetero) is 1. The number of hydrogen-bond donors (Lipinski definition) is 4. The Bertz CT molecular complexity index is 878. The van der Waals surface area contributed by atoms with Gasteiger partial charge in [0.2, 0.25) is 17.6 Å². The van der Waals surface area contributed by atoms with Gasteiger partial charge in [-0.05, 0) is 42.4 Å². The van der Waals surface area contributed by atoms with Crippen LogP contribution in [0.3, 0.4) is 0 Å². The van der Waals surface area contributed by atoms with Crippen molar-refractivity contribution in [3.8, 4) is 0 Å². The molecule has 0 aromatic rings. The molecule has 10 nitrogen and oxygen atoms in total. The first-order valence-corrected chi connectivity index (χ1v) is 12.5. The van der Waals surface area contributed by atoms with Crippen LogP contribution in [0.25, 0.3) is 0 Å². The molecular weight excluding hydrogens is 450 g/mol. The molecular formula is C25H39N5O5. The van der Waals surface area contributed by atoms with E-state index in [1.807, 2.05) is 20.8 Å². The van der Waals surface area contributed by atoms with E-state index in [0.717, 1.165) is 32.1 Å². The molecule has 35 heavy (non-hydrogen) atoms. The quantitative estimate of drug-likeness (QED) is 0.265. The van der Waals surface area contributed by atoms with Gasteiger partial charge in [-0.25, -0.2) is 4.79 Å². The Hall–Kier alpha value is -2.91. The number of fused-ring (bicyclic) bond motifs is 1. The Labute approximate surface area is 206 Å². The average molecular weight is 490 g/mol. The standard InChI is InChI=1S/C25H39N5O5/c1-5-11-27-22(33)19(31)17(12-14-9-10-14)28-21(32)18-16-8-6-7-15(16)13-30(18)23(34)20(25(2,3)4)29-24(26)35/h5,14-18,20H,1,6-13H2,2-4H3,(H,27,33)(H,28,32)(H3,26,29,35)/t15-,16-,17?,18-,20+/m0/s1. The van der Waals surface area contributed by atoms with E-state index in [1.54, 1.807) is 4.90 Å². The topological polar surface area (TPSA) is 151 Å². The van der Waals surface area contributed by atoms with Gasteiger partial charge in [-0.1, -0.05) is 46.1 Å². The molecule has 3 rings (SSSR count). The summed E-state index contributed by atoms with van der Waals surface area (Å²) in [5.74, 6) is -1.78. The van der Waals surface area contributed by atoms with Crippen molar-refractivity contribution >= 4 is 29.5 Å². The lowest BCUT2D eigenvalue weighted by Gasteiger charge is -2.36. The molecule has 2 aliphatic carbocycles. The summed E-state index contributed by atoms with van der Waals surface area (Å²) in [5.41, 5.74) is 4.72. The predicted octanol–water partition coefficient (Wildman–Crippen LogP) is 0.853. The molecule has 1 heterocycles. The maximum absolute atomic E-state index is 13.6. The zero-order chi connectivity index (χ0) is 25.9. The number of nitrogens with zero attached hydrogens (tertiary/aromatic N) is 1. The Morgan fingerprint density at radius 3 is 2.34 bits per heavy atom. The third-order valence-corrected chi connectivity index (χ3v) is 7.37. The summed E-state index contributed by atoms with van der Waals surface area (Å²) in [5, 5.41) is 7.86. The molecule has 1 saturated heterocycles. The molecule has 0 aromatic heterocycles. The molecule has 2 saturated carbocycles. The number of hydrogen-bond acceptors (Lipinski definition) is 5. The Morgan fingerprint density at radius 2 is 1.77 bits per heavy atom. The number of nitrogens with two attached hydrogens (primary N) is 1. The number of rotatable bonds is 10. The van der Waals surface area contributed by atoms with Crippen molar-refractivity contribution < 1.29 is 24.0 Å². The van der Waals surface area contributed by atoms with Gasteiger partial charge in [0.1, 0.15) is 12.1 Å². The second-order valence-electron chi connectivity index (χ2n) is 11.2. The maximum atomic E-state index is 13.6. The lowest BCUT2D eigenvalue weighted by Crippen LogP contribution is -2.60. The van der Waals surface area contributed by atoms with Crippen LogP contribution < -0.4 is 21.7 Å². The van der Waals surface area contributed by atoms with Crippen LogP contribution in [-0.4, -0.2) is 65.7 Å². The summed E-state index contributed by atoms with van der Waals surface area (Å²) in [6, 6.07) is -3.42. The highest BCUT2D eigenvalue weighted by Gasteiger charge is 2.52. The first kappa shape index (κ1) is 26.7. The van der Waals surface area contributed by atoms with Gasteiger partial charge in [0.05, 0.1) is 6.04 Å². The van der Waals surface area contributed by atoms with Crippen LogP contribution in [0.4, 0.5) is 4.79 Å². The minimum absolute atomic E-state index is 0.0283. The highest BCUT2D eigenvalue weighted by atomic mass is 16.2. The fourth-order valence-corrected chi connectivity index (χ4v) is 5.41. The molecule has 1 aliphatic heterocycles. The van der Waals surface area contributed by atoms with E-state index in [-0.39, 0.29) is 24.3 Å². The van der Waals surface area contributed by atoms with E-state index >= 15 is 0 Å². The zero-order valence-electron chi connectivity index (χ0n) is 21.0. The van der Waals surface area contributed by atoms with Crippen LogP contribution in [0.1, 0.15) is 59.3 Å². The Morgan fingerprint density at radius 1 is 1.09 bits per heavy atom. The number of likely N-dealkylation sites (tertiary alicyclic amines) is 1. The van der Waals surface area contributed by atoms with Gasteiger partial charge in [-0.3, -0.25) is 19.2 Å². The fraction of sp³-hybridized carbons (Fsp3) is 0.720. The third-order valence-electron chi connectivity index (χ3n) is 7.37. The lowest BCUT2D eigenvalue weighted by atomic mass is 9.85. The Kier molecular flexibility index (Phi) is 8.22. The minimum Gasteiger partial charge on any atom is -0.352 e. The van der Waals surface area contributed by atoms with Crippen molar-refractivity contribution in [1.29, 1.82) is 0 Å². The number of urea groups is 1. The van der Waals surface area contributed by atoms with Crippen molar-refractivity contribution in [2.75, 3.05) is 13.1 Å². The highest BCUT2D eigenvalue weighted by Crippen LogP contribution is 2.43. The largest absolute Gasteiger partial charge is 0.352 e. The van der Waals surface area contributed by atoms with Gasteiger partial charge in [0, 0.05) is 13.1 Å². The lowest BCUT2D eigenvalue weighted by molar-refractivity contribution is -0.144. The van der Waals surface area contributed by atoms with E-state index in [9.17, 15) is 24.0 Å². The van der Waals surface area contributed by atoms with Crippen LogP contribution in [0.2, 0.25) is 0 Å². The summed E-state index contributed by atoms with van der Waals surface area (Å²) < 4.78 is 0. The van der Waals surface area contributed by atoms with Crippen LogP contribution in [0.5, 0.6) is 0 Å². The number of nitrogens with one attached hydrogen (secondary N) is 3. The summed E-state index contributed by atoms with van der Waals surface area (Å²) in [4.78, 5) is 65.7. The van der Waals surface area contributed by atoms with Gasteiger partial charge in [-0.2, -0.15) is 0 Å². The number of ketones is 1. The first-order valence-electron chi connectivity index (χ1n) is 12.5. The molecule has 3 fully saturated rings. The van der Waals surface area contributed by atoms with Crippen LogP contribution in [-0.2, 0) is 19.2 Å². The molecule has 5 amide bonds. The maximum Gasteiger partial charge on any atom is 0.312 e. The van der Waals surface area contributed by atoms with Crippen molar-refractivity contribution in [2.45, 2.75) is 77.4 Å². The number of primary amides is 1. The molecule has 10 heteroatoms. The third kappa shape index (κ3) is 6.41. The van der Waals surface area contributed by atoms with Gasteiger partial charge in [-0.15, -0.1) is 6.58 Å². The molecule has 0 aromatic carbocycles. The second-order valence-corrected chi connectivity index (χ2v) is 11.2. The second kappa shape index (κ2) is 10.8. The van der Waals surface area contributed by atoms with Crippen LogP contribution >= 0.6 is 0 Å². The van der Waals surface area contributed by atoms with Crippen LogP contribution in [0, 0.1) is 23.2 Å². The van der Waals surface area contributed by atoms with E-state index in [4.69, 9.17) is 5.73 Å². The molecule has 194 valence electrons. The van der Waals surface area contributed by atoms with Gasteiger partial charge in [0.25, 0.3) is 5.91 Å². The van der Waals surface area contributed by atoms with E-state index < -0.39 is 47.2 Å². The van der Waals surface area contributed by atoms with Gasteiger partial charge >= 0.3 is 6.03 Å². The van der Waals surface area contributed by atoms with Crippen molar-refractivity contribution in [2.24, 2.45) is 28.9 Å². The highest BCUT2D eigenvalue weighted by molar-refractivity contribution is 6.38. The van der Waals surface area contributed by atoms with E-state index in [2.05, 4.69) is 22.5 Å². The molecule has 1 unspecified atom stereocenters. The van der Waals surface area contributed by atoms with Crippen molar-refractivity contribution in [1.82, 2.24) is 20.9 Å². The monoisotopic (exact) mass is 489 g/mol. The van der Waals surface area contributed by atoms with Gasteiger partial charge < -0.3 is 26.6 Å². The average Bonchev–Trinajstić information content (AvgIpc) is 3.35. The summed E-state index contributed by atoms with van der Waals surface area (Å²) in [7, 11) is 0. The number of carbonyl (C=O) groups is 5. The molecule has 3 aliphatic rings. The zero-order valence-corrected chi connectivity index (χ0v) is 21.0. The summed E-state index contributed by atoms with van der Waals surface area (Å²) >= 11 is 0. The Balaban J connectivity index is 1.82. The predicted molar refractivity (Wildman–Crippen MR) is 130 cm³/mol. The molecule has 5 N–H and O–H groups in total. The van der Waals surface area contributed by atoms with E-state index in [0.29, 0.717) is 18.9 Å². The van der Waals surface area contributed by atoms with E-state index in [1.165, 1.54) is 6.08 Å². The molecule has 0 radical (unpaired) electrons. The normalized spacial score (nSPS) is 25.2. The van der Waals surface area contributed by atoms with Crippen LogP contribution in [0.15, 0.2) is 12.7 Å². The smallest absolute Gasteiger partial charge is 0.312 e. The van der Waals surface area contributed by atoms with Crippen molar-refractivity contribution in [3.63, 3.8) is 0 Å². The van der Waals surface area contributed by atoms with Crippen molar-refractivity contribution in [3.05, 3.63) is 12.7 Å². The molecule has 0 bridgehead atoms. The molecule has 5 atom stereocenters. The SMILES string of the molecule is C=CCNC(=O)C(=O)C(CC1CC1)NC(=O)[C@@H]1[C@H]2CCC[C@H]2CN1C(=O)[C@@H](NC(N)=O)C(C)(C)C. The fourth-order valence-electron chi connectivity index (χ4n) is 5.41. The minimum atomic E-state index is -0.945. The summed E-state index contributed by atoms with van der Waals surface area (Å²) in [6.45, 7) is 9.57. The van der Waals surface area contributed by atoms with Gasteiger partial charge in [0.15, 0.2) is 0 Å². The number of carbonyl (C=O) groups excluding carboxylic acids is 5. The summed E-state index contributed by atoms with van der Waals surface area (Å²) in [6.07, 6.45) is 6.48.